The van der Waals surface area contributed by atoms with Crippen molar-refractivity contribution in [1.82, 2.24) is 5.43 Å². The van der Waals surface area contributed by atoms with E-state index < -0.39 is 0 Å². The van der Waals surface area contributed by atoms with Crippen LogP contribution < -0.4 is 10.2 Å². The smallest absolute Gasteiger partial charge is 0.277 e. The summed E-state index contributed by atoms with van der Waals surface area (Å²) < 4.78 is 7.00. The van der Waals surface area contributed by atoms with Crippen LogP contribution in [0.15, 0.2) is 39.9 Å². The van der Waals surface area contributed by atoms with Crippen LogP contribution in [0.5, 0.6) is 11.5 Å². The van der Waals surface area contributed by atoms with Crippen molar-refractivity contribution in [2.24, 2.45) is 5.10 Å². The van der Waals surface area contributed by atoms with Crippen LogP contribution in [0.4, 0.5) is 0 Å². The van der Waals surface area contributed by atoms with E-state index in [1.165, 1.54) is 6.21 Å². The molecular formula is C17H16BrIN2O3. The Balaban J connectivity index is 1.93. The molecular weight excluding hydrogens is 487 g/mol. The van der Waals surface area contributed by atoms with E-state index in [0.29, 0.717) is 14.9 Å². The van der Waals surface area contributed by atoms with Crippen molar-refractivity contribution in [1.29, 1.82) is 0 Å². The first-order chi connectivity index (χ1) is 11.4. The predicted octanol–water partition coefficient (Wildman–Crippen LogP) is 3.91. The normalized spacial score (nSPS) is 10.8. The van der Waals surface area contributed by atoms with Gasteiger partial charge in [-0.2, -0.15) is 5.10 Å². The third kappa shape index (κ3) is 4.94. The first-order valence-corrected chi connectivity index (χ1v) is 8.94. The van der Waals surface area contributed by atoms with Gasteiger partial charge in [-0.05, 0) is 65.8 Å². The maximum atomic E-state index is 11.8. The number of carbonyl (C=O) groups excluding carboxylic acids is 1. The van der Waals surface area contributed by atoms with Gasteiger partial charge in [0.05, 0.1) is 9.78 Å². The van der Waals surface area contributed by atoms with E-state index in [4.69, 9.17) is 4.74 Å². The van der Waals surface area contributed by atoms with E-state index in [0.717, 1.165) is 15.6 Å². The van der Waals surface area contributed by atoms with Gasteiger partial charge >= 0.3 is 0 Å². The lowest BCUT2D eigenvalue weighted by molar-refractivity contribution is -0.123. The van der Waals surface area contributed by atoms with Gasteiger partial charge in [-0.1, -0.05) is 28.1 Å². The predicted molar refractivity (Wildman–Crippen MR) is 106 cm³/mol. The van der Waals surface area contributed by atoms with Crippen LogP contribution in [0.2, 0.25) is 0 Å². The molecule has 0 atom stereocenters. The third-order valence-corrected chi connectivity index (χ3v) is 4.64. The third-order valence-electron chi connectivity index (χ3n) is 3.36. The zero-order valence-electron chi connectivity index (χ0n) is 13.1. The van der Waals surface area contributed by atoms with Gasteiger partial charge in [0, 0.05) is 10.0 Å². The lowest BCUT2D eigenvalue weighted by Crippen LogP contribution is -2.24. The number of hydrogen-bond donors (Lipinski definition) is 2. The molecule has 2 aromatic rings. The van der Waals surface area contributed by atoms with Crippen molar-refractivity contribution in [2.45, 2.75) is 13.8 Å². The van der Waals surface area contributed by atoms with Crippen molar-refractivity contribution in [3.8, 4) is 11.5 Å². The van der Waals surface area contributed by atoms with Crippen molar-refractivity contribution in [3.63, 3.8) is 0 Å². The first-order valence-electron chi connectivity index (χ1n) is 7.07. The Labute approximate surface area is 162 Å². The Morgan fingerprint density at radius 1 is 1.42 bits per heavy atom. The molecule has 2 N–H and O–H groups in total. The molecule has 5 nitrogen and oxygen atoms in total. The Morgan fingerprint density at radius 2 is 2.17 bits per heavy atom. The standard InChI is InChI=1S/C17H16BrIN2O3/c1-10-4-3-5-15(11(10)2)24-9-16(22)21-20-8-12-6-13(18)7-14(19)17(12)23/h3-8,23H,9H2,1-2H3,(H,21,22)/b20-8+. The molecule has 24 heavy (non-hydrogen) atoms. The van der Waals surface area contributed by atoms with Gasteiger partial charge in [-0.3, -0.25) is 4.79 Å². The highest BCUT2D eigenvalue weighted by Crippen LogP contribution is 2.27. The Bertz CT molecular complexity index is 794. The molecule has 0 radical (unpaired) electrons. The quantitative estimate of drug-likeness (QED) is 0.370. The molecule has 2 rings (SSSR count). The number of amides is 1. The SMILES string of the molecule is Cc1cccc(OCC(=O)N/N=C/c2cc(Br)cc(I)c2O)c1C. The van der Waals surface area contributed by atoms with E-state index in [1.807, 2.05) is 54.6 Å². The van der Waals surface area contributed by atoms with Crippen molar-refractivity contribution in [2.75, 3.05) is 6.61 Å². The summed E-state index contributed by atoms with van der Waals surface area (Å²) in [6, 6.07) is 9.17. The van der Waals surface area contributed by atoms with Crippen LogP contribution in [-0.4, -0.2) is 23.8 Å². The molecule has 0 unspecified atom stereocenters. The van der Waals surface area contributed by atoms with E-state index in [1.54, 1.807) is 12.1 Å². The van der Waals surface area contributed by atoms with E-state index in [9.17, 15) is 9.90 Å². The van der Waals surface area contributed by atoms with Crippen LogP contribution >= 0.6 is 38.5 Å². The monoisotopic (exact) mass is 502 g/mol. The summed E-state index contributed by atoms with van der Waals surface area (Å²) in [5.74, 6) is 0.410. The van der Waals surface area contributed by atoms with Gasteiger partial charge in [0.1, 0.15) is 11.5 Å². The minimum Gasteiger partial charge on any atom is -0.506 e. The molecule has 0 bridgehead atoms. The number of benzene rings is 2. The highest BCUT2D eigenvalue weighted by molar-refractivity contribution is 14.1. The highest BCUT2D eigenvalue weighted by atomic mass is 127. The first kappa shape index (κ1) is 18.7. The maximum absolute atomic E-state index is 11.8. The van der Waals surface area contributed by atoms with Crippen LogP contribution in [0.1, 0.15) is 16.7 Å². The Morgan fingerprint density at radius 3 is 2.92 bits per heavy atom. The number of hydrogen-bond acceptors (Lipinski definition) is 4. The number of rotatable bonds is 5. The van der Waals surface area contributed by atoms with Crippen molar-refractivity contribution < 1.29 is 14.6 Å². The second-order valence-corrected chi connectivity index (χ2v) is 7.18. The Kier molecular flexibility index (Phi) is 6.61. The van der Waals surface area contributed by atoms with E-state index >= 15 is 0 Å². The Hall–Kier alpha value is -1.61. The maximum Gasteiger partial charge on any atom is 0.277 e. The van der Waals surface area contributed by atoms with Gasteiger partial charge in [-0.15, -0.1) is 0 Å². The van der Waals surface area contributed by atoms with Gasteiger partial charge in [0.25, 0.3) is 5.91 Å². The van der Waals surface area contributed by atoms with Crippen LogP contribution in [-0.2, 0) is 4.79 Å². The number of carbonyl (C=O) groups is 1. The second kappa shape index (κ2) is 8.48. The van der Waals surface area contributed by atoms with Crippen LogP contribution in [0.3, 0.4) is 0 Å². The summed E-state index contributed by atoms with van der Waals surface area (Å²) >= 11 is 5.36. The zero-order chi connectivity index (χ0) is 17.7. The summed E-state index contributed by atoms with van der Waals surface area (Å²) in [4.78, 5) is 11.8. The zero-order valence-corrected chi connectivity index (χ0v) is 16.9. The lowest BCUT2D eigenvalue weighted by atomic mass is 10.1. The average molecular weight is 503 g/mol. The largest absolute Gasteiger partial charge is 0.506 e. The van der Waals surface area contributed by atoms with Crippen molar-refractivity contribution >= 4 is 50.6 Å². The summed E-state index contributed by atoms with van der Waals surface area (Å²) in [5, 5.41) is 13.8. The number of phenolic OH excluding ortho intramolecular Hbond substituents is 1. The fourth-order valence-electron chi connectivity index (χ4n) is 1.91. The number of hydrazone groups is 1. The summed E-state index contributed by atoms with van der Waals surface area (Å²) in [6.07, 6.45) is 1.39. The number of nitrogens with one attached hydrogen (secondary N) is 1. The van der Waals surface area contributed by atoms with Gasteiger partial charge < -0.3 is 9.84 Å². The number of halogens is 2. The van der Waals surface area contributed by atoms with Crippen LogP contribution in [0, 0.1) is 17.4 Å². The highest BCUT2D eigenvalue weighted by Gasteiger charge is 2.07. The number of aromatic hydroxyl groups is 1. The second-order valence-electron chi connectivity index (χ2n) is 5.11. The fourth-order valence-corrected chi connectivity index (χ4v) is 3.46. The molecule has 0 aliphatic carbocycles. The number of phenols is 1. The van der Waals surface area contributed by atoms with Crippen molar-refractivity contribution in [3.05, 3.63) is 55.1 Å². The molecule has 0 aliphatic rings. The molecule has 0 saturated carbocycles. The molecule has 2 aromatic carbocycles. The molecule has 0 spiro atoms. The molecule has 0 aliphatic heterocycles. The van der Waals surface area contributed by atoms with Crippen LogP contribution in [0.25, 0.3) is 0 Å². The molecule has 0 aromatic heterocycles. The molecule has 126 valence electrons. The molecule has 7 heteroatoms. The summed E-state index contributed by atoms with van der Waals surface area (Å²) in [6.45, 7) is 3.79. The summed E-state index contributed by atoms with van der Waals surface area (Å²) in [7, 11) is 0. The van der Waals surface area contributed by atoms with E-state index in [2.05, 4.69) is 26.5 Å². The van der Waals surface area contributed by atoms with Gasteiger partial charge in [-0.25, -0.2) is 5.43 Å². The topological polar surface area (TPSA) is 70.9 Å². The molecule has 0 saturated heterocycles. The molecule has 0 fully saturated rings. The van der Waals surface area contributed by atoms with Gasteiger partial charge in [0.2, 0.25) is 0 Å². The van der Waals surface area contributed by atoms with E-state index in [-0.39, 0.29) is 18.3 Å². The van der Waals surface area contributed by atoms with Gasteiger partial charge in [0.15, 0.2) is 6.61 Å². The molecule has 0 heterocycles. The minimum absolute atomic E-state index is 0.114. The average Bonchev–Trinajstić information content (AvgIpc) is 2.53. The lowest BCUT2D eigenvalue weighted by Gasteiger charge is -2.09. The molecule has 1 amide bonds. The number of ether oxygens (including phenoxy) is 1. The minimum atomic E-state index is -0.378. The fraction of sp³-hybridized carbons (Fsp3) is 0.176. The number of nitrogens with zero attached hydrogens (tertiary/aromatic N) is 1. The summed E-state index contributed by atoms with van der Waals surface area (Å²) in [5.41, 5.74) is 4.99. The number of aryl methyl sites for hydroxylation is 1.